The number of benzene rings is 3. The number of rotatable bonds is 1. The summed E-state index contributed by atoms with van der Waals surface area (Å²) in [4.78, 5) is 13.0. The van der Waals surface area contributed by atoms with Crippen molar-refractivity contribution in [2.45, 2.75) is 11.5 Å². The number of hydrogen-bond donors (Lipinski definition) is 2. The van der Waals surface area contributed by atoms with Gasteiger partial charge in [0.25, 0.3) is 0 Å². The molecular formula is C21H11Cl3O5. The van der Waals surface area contributed by atoms with Gasteiger partial charge in [-0.2, -0.15) is 0 Å². The van der Waals surface area contributed by atoms with E-state index in [4.69, 9.17) is 44.3 Å². The molecule has 8 heteroatoms. The number of esters is 1. The van der Waals surface area contributed by atoms with E-state index in [1.807, 2.05) is 0 Å². The van der Waals surface area contributed by atoms with E-state index >= 15 is 0 Å². The minimum atomic E-state index is -1.47. The minimum Gasteiger partial charge on any atom is -0.508 e. The Morgan fingerprint density at radius 3 is 2.45 bits per heavy atom. The van der Waals surface area contributed by atoms with Crippen LogP contribution in [-0.2, 0) is 16.2 Å². The van der Waals surface area contributed by atoms with Gasteiger partial charge in [-0.25, -0.2) is 4.79 Å². The number of carbonyl (C=O) groups excluding carboxylic acids is 1. The van der Waals surface area contributed by atoms with Crippen molar-refractivity contribution in [3.63, 3.8) is 0 Å². The first-order valence-electron chi connectivity index (χ1n) is 8.52. The third-order valence-electron chi connectivity index (χ3n) is 5.18. The minimum absolute atomic E-state index is 0.0364. The molecule has 2 aliphatic heterocycles. The molecule has 2 heterocycles. The highest BCUT2D eigenvalue weighted by Gasteiger charge is 2.55. The highest BCUT2D eigenvalue weighted by molar-refractivity contribution is 6.33. The molecule has 2 N–H and O–H groups in total. The lowest BCUT2D eigenvalue weighted by atomic mass is 9.77. The second kappa shape index (κ2) is 6.20. The topological polar surface area (TPSA) is 76.0 Å². The standard InChI is InChI=1S/C21H11Cl3O5/c22-8-9-1-4-13(23)19-18(9)20(27)29-21(19)11-3-2-10(25)5-16(11)28-17-7-15(26)14(24)6-12(17)21/h1-7,25-26H,8H2. The fourth-order valence-corrected chi connectivity index (χ4v) is 4.66. The molecule has 2 aliphatic rings. The monoisotopic (exact) mass is 448 g/mol. The molecule has 0 aliphatic carbocycles. The number of halogens is 3. The van der Waals surface area contributed by atoms with Crippen LogP contribution in [0.3, 0.4) is 0 Å². The van der Waals surface area contributed by atoms with Crippen molar-refractivity contribution >= 4 is 40.8 Å². The van der Waals surface area contributed by atoms with Gasteiger partial charge in [0.2, 0.25) is 0 Å². The van der Waals surface area contributed by atoms with Gasteiger partial charge in [0.15, 0.2) is 5.60 Å². The zero-order chi connectivity index (χ0) is 20.5. The summed E-state index contributed by atoms with van der Waals surface area (Å²) in [5.74, 6) is -0.258. The maximum absolute atomic E-state index is 13.0. The van der Waals surface area contributed by atoms with E-state index in [2.05, 4.69) is 0 Å². The van der Waals surface area contributed by atoms with Crippen LogP contribution in [0.2, 0.25) is 10.0 Å². The van der Waals surface area contributed by atoms with Crippen LogP contribution in [0, 0.1) is 0 Å². The van der Waals surface area contributed by atoms with Gasteiger partial charge in [-0.05, 0) is 29.8 Å². The number of alkyl halides is 1. The predicted molar refractivity (Wildman–Crippen MR) is 108 cm³/mol. The zero-order valence-electron chi connectivity index (χ0n) is 14.5. The molecule has 3 aromatic rings. The number of ether oxygens (including phenoxy) is 2. The third kappa shape index (κ3) is 2.38. The van der Waals surface area contributed by atoms with Gasteiger partial charge in [-0.15, -0.1) is 11.6 Å². The first-order chi connectivity index (χ1) is 13.9. The van der Waals surface area contributed by atoms with Gasteiger partial charge in [-0.1, -0.05) is 29.3 Å². The van der Waals surface area contributed by atoms with Crippen molar-refractivity contribution in [1.82, 2.24) is 0 Å². The molecule has 146 valence electrons. The van der Waals surface area contributed by atoms with Crippen molar-refractivity contribution in [1.29, 1.82) is 0 Å². The summed E-state index contributed by atoms with van der Waals surface area (Å²) < 4.78 is 11.9. The molecule has 0 fully saturated rings. The van der Waals surface area contributed by atoms with E-state index in [0.29, 0.717) is 27.3 Å². The fraction of sp³-hybridized carbons (Fsp3) is 0.0952. The third-order valence-corrected chi connectivity index (χ3v) is 6.09. The molecule has 1 atom stereocenters. The lowest BCUT2D eigenvalue weighted by Gasteiger charge is -2.37. The largest absolute Gasteiger partial charge is 0.508 e. The molecule has 1 spiro atoms. The van der Waals surface area contributed by atoms with Crippen LogP contribution in [0.15, 0.2) is 42.5 Å². The lowest BCUT2D eigenvalue weighted by Crippen LogP contribution is -2.33. The molecule has 0 aromatic heterocycles. The van der Waals surface area contributed by atoms with Crippen LogP contribution in [0.4, 0.5) is 0 Å². The van der Waals surface area contributed by atoms with Crippen molar-refractivity contribution in [3.8, 4) is 23.0 Å². The molecule has 29 heavy (non-hydrogen) atoms. The van der Waals surface area contributed by atoms with Gasteiger partial charge in [0.05, 0.1) is 10.6 Å². The summed E-state index contributed by atoms with van der Waals surface area (Å²) in [6.45, 7) is 0. The first-order valence-corrected chi connectivity index (χ1v) is 9.81. The second-order valence-electron chi connectivity index (χ2n) is 6.74. The summed E-state index contributed by atoms with van der Waals surface area (Å²) in [5, 5.41) is 20.4. The Labute approximate surface area is 180 Å². The molecule has 0 bridgehead atoms. The summed E-state index contributed by atoms with van der Waals surface area (Å²) in [6, 6.07) is 10.6. The van der Waals surface area contributed by atoms with Gasteiger partial charge in [0.1, 0.15) is 23.0 Å². The number of hydrogen-bond acceptors (Lipinski definition) is 5. The summed E-state index contributed by atoms with van der Waals surface area (Å²) in [7, 11) is 0. The van der Waals surface area contributed by atoms with Crippen molar-refractivity contribution in [2.75, 3.05) is 0 Å². The van der Waals surface area contributed by atoms with Crippen LogP contribution in [0.5, 0.6) is 23.0 Å². The van der Waals surface area contributed by atoms with Crippen LogP contribution in [0.1, 0.15) is 32.6 Å². The van der Waals surface area contributed by atoms with Crippen LogP contribution in [0.25, 0.3) is 0 Å². The van der Waals surface area contributed by atoms with Gasteiger partial charge in [0, 0.05) is 39.7 Å². The number of phenolic OH excluding ortho intramolecular Hbond substituents is 2. The molecule has 3 aromatic carbocycles. The maximum Gasteiger partial charge on any atom is 0.340 e. The van der Waals surface area contributed by atoms with E-state index < -0.39 is 11.6 Å². The number of carbonyl (C=O) groups is 1. The number of aromatic hydroxyl groups is 2. The second-order valence-corrected chi connectivity index (χ2v) is 7.82. The highest BCUT2D eigenvalue weighted by atomic mass is 35.5. The van der Waals surface area contributed by atoms with E-state index in [1.165, 1.54) is 24.3 Å². The van der Waals surface area contributed by atoms with Crippen molar-refractivity contribution in [2.24, 2.45) is 0 Å². The zero-order valence-corrected chi connectivity index (χ0v) is 16.8. The van der Waals surface area contributed by atoms with Crippen LogP contribution in [-0.4, -0.2) is 16.2 Å². The Hall–Kier alpha value is -2.60. The quantitative estimate of drug-likeness (QED) is 0.367. The Morgan fingerprint density at radius 2 is 1.69 bits per heavy atom. The molecule has 5 rings (SSSR count). The maximum atomic E-state index is 13.0. The molecule has 0 radical (unpaired) electrons. The highest BCUT2D eigenvalue weighted by Crippen LogP contribution is 2.59. The SMILES string of the molecule is O=C1OC2(c3ccc(O)cc3Oc3cc(O)c(Cl)cc32)c2c(Cl)ccc(CCl)c21. The lowest BCUT2D eigenvalue weighted by molar-refractivity contribution is 0.0224. The average molecular weight is 450 g/mol. The predicted octanol–water partition coefficient (Wildman–Crippen LogP) is 5.71. The number of phenols is 2. The normalized spacial score (nSPS) is 18.7. The Morgan fingerprint density at radius 1 is 0.931 bits per heavy atom. The molecule has 0 saturated carbocycles. The average Bonchev–Trinajstić information content (AvgIpc) is 2.99. The van der Waals surface area contributed by atoms with E-state index in [0.717, 1.165) is 0 Å². The van der Waals surface area contributed by atoms with Gasteiger partial charge < -0.3 is 19.7 Å². The fourth-order valence-electron chi connectivity index (χ4n) is 3.98. The smallest absolute Gasteiger partial charge is 0.340 e. The Bertz CT molecular complexity index is 1220. The van der Waals surface area contributed by atoms with E-state index in [1.54, 1.807) is 18.2 Å². The van der Waals surface area contributed by atoms with Gasteiger partial charge in [-0.3, -0.25) is 0 Å². The van der Waals surface area contributed by atoms with Gasteiger partial charge >= 0.3 is 5.97 Å². The summed E-state index contributed by atoms with van der Waals surface area (Å²) in [6.07, 6.45) is 0. The van der Waals surface area contributed by atoms with E-state index in [-0.39, 0.29) is 39.5 Å². The van der Waals surface area contributed by atoms with Crippen LogP contribution >= 0.6 is 34.8 Å². The van der Waals surface area contributed by atoms with Crippen molar-refractivity contribution in [3.05, 3.63) is 80.3 Å². The first kappa shape index (κ1) is 18.4. The molecular weight excluding hydrogens is 439 g/mol. The van der Waals surface area contributed by atoms with Crippen LogP contribution < -0.4 is 4.74 Å². The molecule has 0 saturated heterocycles. The van der Waals surface area contributed by atoms with E-state index in [9.17, 15) is 15.0 Å². The Kier molecular flexibility index (Phi) is 3.94. The molecule has 0 amide bonds. The van der Waals surface area contributed by atoms with Crippen molar-refractivity contribution < 1.29 is 24.5 Å². The Balaban J connectivity index is 1.95. The summed E-state index contributed by atoms with van der Waals surface area (Å²) in [5.41, 5.74) is 0.666. The summed E-state index contributed by atoms with van der Waals surface area (Å²) >= 11 is 18.8. The number of fused-ring (bicyclic) bond motifs is 6. The molecule has 1 unspecified atom stereocenters. The molecule has 5 nitrogen and oxygen atoms in total.